The third-order valence-electron chi connectivity index (χ3n) is 3.92. The van der Waals surface area contributed by atoms with E-state index in [4.69, 9.17) is 5.73 Å². The zero-order valence-electron chi connectivity index (χ0n) is 14.0. The average Bonchev–Trinajstić information content (AvgIpc) is 2.40. The van der Waals surface area contributed by atoms with Gasteiger partial charge in [-0.1, -0.05) is 12.1 Å². The van der Waals surface area contributed by atoms with Gasteiger partial charge >= 0.3 is 0 Å². The maximum atomic E-state index is 12.8. The second kappa shape index (κ2) is 6.28. The summed E-state index contributed by atoms with van der Waals surface area (Å²) < 4.78 is 27.3. The topological polar surface area (TPSA) is 66.6 Å². The molecule has 1 heterocycles. The number of sulfonamides is 1. The van der Waals surface area contributed by atoms with E-state index >= 15 is 0 Å². The van der Waals surface area contributed by atoms with Crippen molar-refractivity contribution in [1.29, 1.82) is 0 Å². The number of hydrogen-bond acceptors (Lipinski definition) is 4. The summed E-state index contributed by atoms with van der Waals surface area (Å²) in [7, 11) is -3.41. The fourth-order valence-electron chi connectivity index (χ4n) is 2.83. The molecule has 1 aliphatic rings. The summed E-state index contributed by atoms with van der Waals surface area (Å²) in [6, 6.07) is 5.57. The van der Waals surface area contributed by atoms with Crippen LogP contribution in [0.25, 0.3) is 0 Å². The van der Waals surface area contributed by atoms with Crippen molar-refractivity contribution in [3.8, 4) is 0 Å². The van der Waals surface area contributed by atoms with Crippen LogP contribution in [-0.2, 0) is 10.0 Å². The smallest absolute Gasteiger partial charge is 0.243 e. The summed E-state index contributed by atoms with van der Waals surface area (Å²) in [4.78, 5) is 2.66. The van der Waals surface area contributed by atoms with Gasteiger partial charge in [0, 0.05) is 38.3 Å². The summed E-state index contributed by atoms with van der Waals surface area (Å²) in [5, 5.41) is 0. The zero-order chi connectivity index (χ0) is 16.5. The molecule has 0 unspecified atom stereocenters. The van der Waals surface area contributed by atoms with Gasteiger partial charge < -0.3 is 5.73 Å². The van der Waals surface area contributed by atoms with Crippen molar-refractivity contribution in [2.75, 3.05) is 32.7 Å². The molecule has 0 aromatic heterocycles. The van der Waals surface area contributed by atoms with Crippen molar-refractivity contribution in [1.82, 2.24) is 9.21 Å². The predicted molar refractivity (Wildman–Crippen MR) is 89.4 cm³/mol. The molecule has 0 atom stereocenters. The van der Waals surface area contributed by atoms with Gasteiger partial charge in [0.1, 0.15) is 0 Å². The van der Waals surface area contributed by atoms with Gasteiger partial charge in [-0.05, 0) is 44.9 Å². The lowest BCUT2D eigenvalue weighted by molar-refractivity contribution is 0.162. The van der Waals surface area contributed by atoms with Crippen LogP contribution in [0.4, 0.5) is 0 Å². The van der Waals surface area contributed by atoms with Gasteiger partial charge in [-0.2, -0.15) is 4.31 Å². The maximum absolute atomic E-state index is 12.8. The SMILES string of the molecule is Cc1ccc(C)c(S(=O)(=O)N2CCN(CC(C)(C)N)CC2)c1. The average molecular weight is 325 g/mol. The number of hydrogen-bond donors (Lipinski definition) is 1. The molecule has 0 amide bonds. The summed E-state index contributed by atoms with van der Waals surface area (Å²) in [6.07, 6.45) is 0. The number of nitrogens with zero attached hydrogens (tertiary/aromatic N) is 2. The molecule has 124 valence electrons. The summed E-state index contributed by atoms with van der Waals surface area (Å²) in [6.45, 7) is 11.0. The fraction of sp³-hybridized carbons (Fsp3) is 0.625. The predicted octanol–water partition coefficient (Wildman–Crippen LogP) is 1.35. The highest BCUT2D eigenvalue weighted by Crippen LogP contribution is 2.22. The lowest BCUT2D eigenvalue weighted by Crippen LogP contribution is -2.54. The molecule has 6 heteroatoms. The third-order valence-corrected chi connectivity index (χ3v) is 5.96. The molecule has 5 nitrogen and oxygen atoms in total. The molecule has 0 saturated carbocycles. The molecule has 0 radical (unpaired) electrons. The molecule has 1 saturated heterocycles. The van der Waals surface area contributed by atoms with E-state index < -0.39 is 10.0 Å². The molecule has 0 bridgehead atoms. The Morgan fingerprint density at radius 2 is 1.73 bits per heavy atom. The zero-order valence-corrected chi connectivity index (χ0v) is 14.8. The highest BCUT2D eigenvalue weighted by atomic mass is 32.2. The molecule has 2 rings (SSSR count). The van der Waals surface area contributed by atoms with Crippen LogP contribution >= 0.6 is 0 Å². The first kappa shape index (κ1) is 17.4. The second-order valence-electron chi connectivity index (χ2n) is 6.94. The molecule has 1 aromatic carbocycles. The van der Waals surface area contributed by atoms with E-state index in [1.807, 2.05) is 39.8 Å². The van der Waals surface area contributed by atoms with Gasteiger partial charge in [0.25, 0.3) is 0 Å². The van der Waals surface area contributed by atoms with E-state index in [-0.39, 0.29) is 5.54 Å². The molecular formula is C16H27N3O2S. The molecule has 2 N–H and O–H groups in total. The van der Waals surface area contributed by atoms with Crippen molar-refractivity contribution in [3.63, 3.8) is 0 Å². The Morgan fingerprint density at radius 3 is 2.27 bits per heavy atom. The molecule has 1 aliphatic heterocycles. The van der Waals surface area contributed by atoms with Crippen LogP contribution in [0.1, 0.15) is 25.0 Å². The molecule has 22 heavy (non-hydrogen) atoms. The van der Waals surface area contributed by atoms with Gasteiger partial charge in [0.15, 0.2) is 0 Å². The van der Waals surface area contributed by atoms with Gasteiger partial charge in [-0.25, -0.2) is 8.42 Å². The second-order valence-corrected chi connectivity index (χ2v) is 8.84. The molecule has 0 spiro atoms. The van der Waals surface area contributed by atoms with Crippen molar-refractivity contribution in [3.05, 3.63) is 29.3 Å². The van der Waals surface area contributed by atoms with E-state index in [1.165, 1.54) is 0 Å². The third kappa shape index (κ3) is 4.07. The van der Waals surface area contributed by atoms with Crippen LogP contribution in [0, 0.1) is 13.8 Å². The maximum Gasteiger partial charge on any atom is 0.243 e. The van der Waals surface area contributed by atoms with E-state index in [0.29, 0.717) is 18.0 Å². The molecular weight excluding hydrogens is 298 g/mol. The Labute approximate surface area is 134 Å². The Balaban J connectivity index is 2.11. The summed E-state index contributed by atoms with van der Waals surface area (Å²) in [5.41, 5.74) is 7.55. The monoisotopic (exact) mass is 325 g/mol. The quantitative estimate of drug-likeness (QED) is 0.907. The lowest BCUT2D eigenvalue weighted by atomic mass is 10.1. The minimum atomic E-state index is -3.41. The van der Waals surface area contributed by atoms with Crippen LogP contribution in [0.5, 0.6) is 0 Å². The highest BCUT2D eigenvalue weighted by molar-refractivity contribution is 7.89. The summed E-state index contributed by atoms with van der Waals surface area (Å²) in [5.74, 6) is 0. The first-order chi connectivity index (χ1) is 10.1. The van der Waals surface area contributed by atoms with Gasteiger partial charge in [-0.15, -0.1) is 0 Å². The van der Waals surface area contributed by atoms with Crippen LogP contribution in [0.15, 0.2) is 23.1 Å². The van der Waals surface area contributed by atoms with Crippen LogP contribution in [0.3, 0.4) is 0 Å². The molecule has 0 aliphatic carbocycles. The normalized spacial score (nSPS) is 18.6. The Bertz CT molecular complexity index is 627. The first-order valence-corrected chi connectivity index (χ1v) is 9.12. The van der Waals surface area contributed by atoms with Gasteiger partial charge in [0.05, 0.1) is 4.90 Å². The highest BCUT2D eigenvalue weighted by Gasteiger charge is 2.30. The number of rotatable bonds is 4. The van der Waals surface area contributed by atoms with Gasteiger partial charge in [-0.3, -0.25) is 4.90 Å². The molecule has 1 aromatic rings. The Kier molecular flexibility index (Phi) is 4.96. The minimum absolute atomic E-state index is 0.256. The largest absolute Gasteiger partial charge is 0.324 e. The van der Waals surface area contributed by atoms with Crippen molar-refractivity contribution < 1.29 is 8.42 Å². The van der Waals surface area contributed by atoms with E-state index in [1.54, 1.807) is 10.4 Å². The van der Waals surface area contributed by atoms with E-state index in [0.717, 1.165) is 30.8 Å². The van der Waals surface area contributed by atoms with Crippen LogP contribution < -0.4 is 5.73 Å². The van der Waals surface area contributed by atoms with Crippen molar-refractivity contribution in [2.24, 2.45) is 5.73 Å². The lowest BCUT2D eigenvalue weighted by Gasteiger charge is -2.37. The van der Waals surface area contributed by atoms with Gasteiger partial charge in [0.2, 0.25) is 10.0 Å². The fourth-order valence-corrected chi connectivity index (χ4v) is 4.56. The van der Waals surface area contributed by atoms with Crippen molar-refractivity contribution in [2.45, 2.75) is 38.1 Å². The number of nitrogens with two attached hydrogens (primary N) is 1. The van der Waals surface area contributed by atoms with E-state index in [9.17, 15) is 8.42 Å². The molecule has 1 fully saturated rings. The van der Waals surface area contributed by atoms with Crippen molar-refractivity contribution >= 4 is 10.0 Å². The Hall–Kier alpha value is -0.950. The number of piperazine rings is 1. The van der Waals surface area contributed by atoms with E-state index in [2.05, 4.69) is 4.90 Å². The number of aryl methyl sites for hydroxylation is 2. The number of benzene rings is 1. The Morgan fingerprint density at radius 1 is 1.14 bits per heavy atom. The first-order valence-electron chi connectivity index (χ1n) is 7.68. The van der Waals surface area contributed by atoms with Crippen LogP contribution in [0.2, 0.25) is 0 Å². The summed E-state index contributed by atoms with van der Waals surface area (Å²) >= 11 is 0. The minimum Gasteiger partial charge on any atom is -0.324 e. The standard InChI is InChI=1S/C16H27N3O2S/c1-13-5-6-14(2)15(11-13)22(20,21)19-9-7-18(8-10-19)12-16(3,4)17/h5-6,11H,7-10,12,17H2,1-4H3. The van der Waals surface area contributed by atoms with Crippen LogP contribution in [-0.4, -0.2) is 55.9 Å².